The molecule has 6 atom stereocenters. The predicted molar refractivity (Wildman–Crippen MR) is 437 cm³/mol. The van der Waals surface area contributed by atoms with E-state index in [4.69, 9.17) is 37.0 Å². The molecule has 0 aliphatic carbocycles. The van der Waals surface area contributed by atoms with E-state index in [-0.39, 0.29) is 25.7 Å². The van der Waals surface area contributed by atoms with Crippen LogP contribution in [0.3, 0.4) is 0 Å². The van der Waals surface area contributed by atoms with E-state index in [0.29, 0.717) is 25.7 Å². The topological polar surface area (TPSA) is 237 Å². The van der Waals surface area contributed by atoms with E-state index in [2.05, 4.69) is 41.5 Å². The van der Waals surface area contributed by atoms with E-state index >= 15 is 0 Å². The number of phosphoric ester groups is 2. The standard InChI is InChI=1S/C87H170O17P2/c1-7-10-12-14-16-18-20-22-24-26-27-28-29-31-37-41-47-54-60-66-72-86(91)103-82(75-97-84(89)69-63-57-51-45-39-35-33-32-34-38-44-50-56-62-68-80(6)9-3)77-101-105(93,94)99-73-81(88)74-100-106(95,96)102-78-83(76-98-85(90)70-64-58-52-48-42-43-49-55-61-67-79(4)5)104-87(92)71-65-59-53-46-40-36-30-25-23-21-19-17-15-13-11-8-2/h79-83,88H,7-78H2,1-6H3,(H,93,94)(H,95,96)/t80?,81-,82-,83-/m1/s1. The molecule has 0 amide bonds. The number of hydrogen-bond acceptors (Lipinski definition) is 15. The van der Waals surface area contributed by atoms with Gasteiger partial charge in [-0.3, -0.25) is 37.3 Å². The normalized spacial score (nSPS) is 14.1. The number of rotatable bonds is 86. The molecule has 19 heteroatoms. The lowest BCUT2D eigenvalue weighted by Gasteiger charge is -2.21. The first-order chi connectivity index (χ1) is 51.4. The first-order valence-electron chi connectivity index (χ1n) is 45.0. The van der Waals surface area contributed by atoms with Gasteiger partial charge in [0.2, 0.25) is 0 Å². The average Bonchev–Trinajstić information content (AvgIpc) is 0.900. The lowest BCUT2D eigenvalue weighted by Crippen LogP contribution is -2.30. The number of ether oxygens (including phenoxy) is 4. The highest BCUT2D eigenvalue weighted by molar-refractivity contribution is 7.47. The monoisotopic (exact) mass is 1550 g/mol. The van der Waals surface area contributed by atoms with Gasteiger partial charge in [-0.15, -0.1) is 0 Å². The van der Waals surface area contributed by atoms with Crippen LogP contribution in [-0.2, 0) is 65.4 Å². The first kappa shape index (κ1) is 104. The van der Waals surface area contributed by atoms with Gasteiger partial charge in [-0.1, -0.05) is 414 Å². The molecule has 0 aliphatic heterocycles. The van der Waals surface area contributed by atoms with Crippen molar-refractivity contribution in [2.24, 2.45) is 11.8 Å². The molecule has 0 fully saturated rings. The molecule has 0 bridgehead atoms. The zero-order valence-corrected chi connectivity index (χ0v) is 71.5. The van der Waals surface area contributed by atoms with Gasteiger partial charge < -0.3 is 33.8 Å². The Morgan fingerprint density at radius 3 is 0.717 bits per heavy atom. The molecule has 0 radical (unpaired) electrons. The number of carbonyl (C=O) groups excluding carboxylic acids is 4. The molecule has 0 saturated heterocycles. The van der Waals surface area contributed by atoms with Crippen LogP contribution in [0, 0.1) is 11.8 Å². The fraction of sp³-hybridized carbons (Fsp3) is 0.954. The van der Waals surface area contributed by atoms with Crippen molar-refractivity contribution in [2.75, 3.05) is 39.6 Å². The summed E-state index contributed by atoms with van der Waals surface area (Å²) in [5, 5.41) is 10.7. The van der Waals surface area contributed by atoms with Gasteiger partial charge in [-0.05, 0) is 37.5 Å². The highest BCUT2D eigenvalue weighted by Gasteiger charge is 2.30. The number of aliphatic hydroxyl groups excluding tert-OH is 1. The minimum absolute atomic E-state index is 0.108. The Bertz CT molecular complexity index is 2030. The van der Waals surface area contributed by atoms with Crippen molar-refractivity contribution >= 4 is 39.5 Å². The second-order valence-corrected chi connectivity index (χ2v) is 34.9. The Kier molecular flexibility index (Phi) is 76.9. The molecule has 0 rings (SSSR count). The third kappa shape index (κ3) is 78.7. The van der Waals surface area contributed by atoms with Crippen LogP contribution in [-0.4, -0.2) is 96.7 Å². The minimum Gasteiger partial charge on any atom is -0.462 e. The summed E-state index contributed by atoms with van der Waals surface area (Å²) < 4.78 is 69.0. The highest BCUT2D eigenvalue weighted by atomic mass is 31.2. The average molecular weight is 1550 g/mol. The summed E-state index contributed by atoms with van der Waals surface area (Å²) in [4.78, 5) is 73.3. The van der Waals surface area contributed by atoms with Crippen LogP contribution in [0.4, 0.5) is 0 Å². The largest absolute Gasteiger partial charge is 0.472 e. The Labute approximate surface area is 651 Å². The maximum absolute atomic E-state index is 13.2. The van der Waals surface area contributed by atoms with Crippen LogP contribution in [0.25, 0.3) is 0 Å². The molecule has 3 unspecified atom stereocenters. The van der Waals surface area contributed by atoms with Crippen molar-refractivity contribution in [1.29, 1.82) is 0 Å². The Hall–Kier alpha value is -1.94. The highest BCUT2D eigenvalue weighted by Crippen LogP contribution is 2.45. The van der Waals surface area contributed by atoms with E-state index in [1.54, 1.807) is 0 Å². The van der Waals surface area contributed by atoms with Gasteiger partial charge in [0, 0.05) is 25.7 Å². The van der Waals surface area contributed by atoms with Gasteiger partial charge in [-0.25, -0.2) is 9.13 Å². The summed E-state index contributed by atoms with van der Waals surface area (Å²) in [6.07, 6.45) is 70.7. The lowest BCUT2D eigenvalue weighted by molar-refractivity contribution is -0.161. The molecule has 0 aromatic carbocycles. The number of carbonyl (C=O) groups is 4. The fourth-order valence-corrected chi connectivity index (χ4v) is 15.1. The number of hydrogen-bond donors (Lipinski definition) is 3. The van der Waals surface area contributed by atoms with Gasteiger partial charge in [-0.2, -0.15) is 0 Å². The van der Waals surface area contributed by atoms with E-state index < -0.39 is 97.5 Å². The summed E-state index contributed by atoms with van der Waals surface area (Å²) in [6, 6.07) is 0. The van der Waals surface area contributed by atoms with E-state index in [0.717, 1.165) is 102 Å². The molecule has 0 aromatic heterocycles. The van der Waals surface area contributed by atoms with E-state index in [9.17, 15) is 43.2 Å². The third-order valence-corrected chi connectivity index (χ3v) is 22.7. The molecule has 0 aromatic rings. The van der Waals surface area contributed by atoms with Crippen LogP contribution in [0.15, 0.2) is 0 Å². The van der Waals surface area contributed by atoms with Gasteiger partial charge >= 0.3 is 39.5 Å². The summed E-state index contributed by atoms with van der Waals surface area (Å²) in [7, 11) is -9.93. The summed E-state index contributed by atoms with van der Waals surface area (Å²) in [6.45, 7) is 9.72. The zero-order valence-electron chi connectivity index (χ0n) is 69.7. The number of unbranched alkanes of at least 4 members (excludes halogenated alkanes) is 55. The molecule has 17 nitrogen and oxygen atoms in total. The second kappa shape index (κ2) is 78.3. The van der Waals surface area contributed by atoms with Crippen molar-refractivity contribution in [1.82, 2.24) is 0 Å². The maximum Gasteiger partial charge on any atom is 0.472 e. The second-order valence-electron chi connectivity index (χ2n) is 32.0. The lowest BCUT2D eigenvalue weighted by atomic mass is 9.99. The molecule has 0 spiro atoms. The quantitative estimate of drug-likeness (QED) is 0.0222. The van der Waals surface area contributed by atoms with Crippen LogP contribution in [0.5, 0.6) is 0 Å². The summed E-state index contributed by atoms with van der Waals surface area (Å²) in [5.74, 6) is -0.506. The van der Waals surface area contributed by atoms with Gasteiger partial charge in [0.15, 0.2) is 12.2 Å². The minimum atomic E-state index is -4.97. The maximum atomic E-state index is 13.2. The van der Waals surface area contributed by atoms with Crippen LogP contribution < -0.4 is 0 Å². The molecular weight excluding hydrogens is 1380 g/mol. The van der Waals surface area contributed by atoms with Crippen molar-refractivity contribution < 1.29 is 80.2 Å². The van der Waals surface area contributed by atoms with Crippen LogP contribution in [0.2, 0.25) is 0 Å². The summed E-state index contributed by atoms with van der Waals surface area (Å²) >= 11 is 0. The smallest absolute Gasteiger partial charge is 0.462 e. The van der Waals surface area contributed by atoms with E-state index in [1.807, 2.05) is 0 Å². The van der Waals surface area contributed by atoms with Crippen molar-refractivity contribution in [3.05, 3.63) is 0 Å². The Morgan fingerprint density at radius 1 is 0.274 bits per heavy atom. The zero-order chi connectivity index (χ0) is 77.8. The predicted octanol–water partition coefficient (Wildman–Crippen LogP) is 26.6. The van der Waals surface area contributed by atoms with Crippen molar-refractivity contribution in [3.63, 3.8) is 0 Å². The fourth-order valence-electron chi connectivity index (χ4n) is 13.6. The van der Waals surface area contributed by atoms with Gasteiger partial charge in [0.1, 0.15) is 19.3 Å². The third-order valence-electron chi connectivity index (χ3n) is 20.8. The number of aliphatic hydroxyl groups is 1. The van der Waals surface area contributed by atoms with Crippen molar-refractivity contribution in [3.8, 4) is 0 Å². The molecule has 3 N–H and O–H groups in total. The van der Waals surface area contributed by atoms with Gasteiger partial charge in [0.05, 0.1) is 26.4 Å². The molecule has 0 heterocycles. The number of esters is 4. The van der Waals surface area contributed by atoms with Crippen LogP contribution in [0.1, 0.15) is 465 Å². The molecule has 106 heavy (non-hydrogen) atoms. The SMILES string of the molecule is CCCCCCCCCCCCCCCCCCCCCCC(=O)O[C@H](COC(=O)CCCCCCCCCCCCCCCCC(C)CC)COP(=O)(O)OC[C@@H](O)COP(=O)(O)OC[C@@H](COC(=O)CCCCCCCCCCCC(C)C)OC(=O)CCCCCCCCCCCCCCCCCC. The Morgan fingerprint density at radius 2 is 0.481 bits per heavy atom. The van der Waals surface area contributed by atoms with E-state index in [1.165, 1.54) is 283 Å². The molecule has 0 aliphatic rings. The first-order valence-corrected chi connectivity index (χ1v) is 48.0. The Balaban J connectivity index is 5.26. The molecule has 630 valence electrons. The van der Waals surface area contributed by atoms with Gasteiger partial charge in [0.25, 0.3) is 0 Å². The van der Waals surface area contributed by atoms with Crippen LogP contribution >= 0.6 is 15.6 Å². The summed E-state index contributed by atoms with van der Waals surface area (Å²) in [5.41, 5.74) is 0. The molecular formula is C87H170O17P2. The number of phosphoric acid groups is 2. The van der Waals surface area contributed by atoms with Crippen molar-refractivity contribution in [2.45, 2.75) is 484 Å². The molecule has 0 saturated carbocycles.